The summed E-state index contributed by atoms with van der Waals surface area (Å²) in [5, 5.41) is 9.46. The molecule has 1 rings (SSSR count). The second-order valence-electron chi connectivity index (χ2n) is 3.51. The fraction of sp³-hybridized carbons (Fsp3) is 0.875. The summed E-state index contributed by atoms with van der Waals surface area (Å²) >= 11 is 0. The standard InChI is InChI=1S/C8H14O5S/c1-13-8(10)4-6-2-3-14(11,12)5-7(6)9/h6-7,9H,2-5H2,1H3. The van der Waals surface area contributed by atoms with Gasteiger partial charge in [0.15, 0.2) is 9.84 Å². The molecule has 1 saturated heterocycles. The van der Waals surface area contributed by atoms with Gasteiger partial charge in [-0.1, -0.05) is 0 Å². The van der Waals surface area contributed by atoms with Gasteiger partial charge in [-0.25, -0.2) is 8.42 Å². The molecule has 1 N–H and O–H groups in total. The smallest absolute Gasteiger partial charge is 0.305 e. The Morgan fingerprint density at radius 2 is 2.21 bits per heavy atom. The molecule has 0 spiro atoms. The molecule has 14 heavy (non-hydrogen) atoms. The van der Waals surface area contributed by atoms with Crippen molar-refractivity contribution in [1.29, 1.82) is 0 Å². The van der Waals surface area contributed by atoms with Gasteiger partial charge in [-0.15, -0.1) is 0 Å². The zero-order valence-electron chi connectivity index (χ0n) is 7.97. The third-order valence-electron chi connectivity index (χ3n) is 2.43. The normalized spacial score (nSPS) is 31.0. The van der Waals surface area contributed by atoms with Crippen LogP contribution < -0.4 is 0 Å². The number of aliphatic hydroxyl groups excluding tert-OH is 1. The van der Waals surface area contributed by atoms with Crippen LogP contribution in [-0.2, 0) is 19.4 Å². The first-order valence-electron chi connectivity index (χ1n) is 4.40. The Bertz CT molecular complexity index is 308. The van der Waals surface area contributed by atoms with Crippen LogP contribution in [0.1, 0.15) is 12.8 Å². The molecule has 2 atom stereocenters. The number of hydrogen-bond donors (Lipinski definition) is 1. The SMILES string of the molecule is COC(=O)CC1CCS(=O)(=O)CC1O. The summed E-state index contributed by atoms with van der Waals surface area (Å²) < 4.78 is 26.6. The third kappa shape index (κ3) is 2.95. The van der Waals surface area contributed by atoms with Crippen molar-refractivity contribution in [3.05, 3.63) is 0 Å². The van der Waals surface area contributed by atoms with Gasteiger partial charge in [0.2, 0.25) is 0 Å². The number of ether oxygens (including phenoxy) is 1. The molecule has 1 fully saturated rings. The summed E-state index contributed by atoms with van der Waals surface area (Å²) in [6, 6.07) is 0. The average molecular weight is 222 g/mol. The molecule has 0 aliphatic carbocycles. The van der Waals surface area contributed by atoms with Gasteiger partial charge >= 0.3 is 5.97 Å². The molecule has 0 aromatic heterocycles. The van der Waals surface area contributed by atoms with Gasteiger partial charge in [0.25, 0.3) is 0 Å². The second-order valence-corrected chi connectivity index (χ2v) is 5.74. The van der Waals surface area contributed by atoms with Crippen LogP contribution in [0.25, 0.3) is 0 Å². The molecule has 0 aromatic rings. The minimum atomic E-state index is -3.11. The predicted molar refractivity (Wildman–Crippen MR) is 49.4 cm³/mol. The number of rotatable bonds is 2. The lowest BCUT2D eigenvalue weighted by Crippen LogP contribution is -2.38. The molecule has 2 unspecified atom stereocenters. The first-order valence-corrected chi connectivity index (χ1v) is 6.22. The van der Waals surface area contributed by atoms with Crippen LogP contribution in [0.15, 0.2) is 0 Å². The average Bonchev–Trinajstić information content (AvgIpc) is 2.09. The summed E-state index contributed by atoms with van der Waals surface area (Å²) in [4.78, 5) is 10.9. The van der Waals surface area contributed by atoms with Crippen molar-refractivity contribution in [1.82, 2.24) is 0 Å². The molecular weight excluding hydrogens is 208 g/mol. The Morgan fingerprint density at radius 1 is 1.57 bits per heavy atom. The number of carbonyl (C=O) groups is 1. The zero-order valence-corrected chi connectivity index (χ0v) is 8.79. The molecule has 1 heterocycles. The van der Waals surface area contributed by atoms with E-state index in [9.17, 15) is 18.3 Å². The van der Waals surface area contributed by atoms with Crippen molar-refractivity contribution in [2.24, 2.45) is 5.92 Å². The van der Waals surface area contributed by atoms with Crippen LogP contribution in [0.4, 0.5) is 0 Å². The minimum absolute atomic E-state index is 0.0473. The summed E-state index contributed by atoms with van der Waals surface area (Å²) in [6.45, 7) is 0. The van der Waals surface area contributed by atoms with E-state index < -0.39 is 21.9 Å². The fourth-order valence-electron chi connectivity index (χ4n) is 1.54. The topological polar surface area (TPSA) is 80.7 Å². The maximum absolute atomic E-state index is 11.1. The van der Waals surface area contributed by atoms with Crippen LogP contribution in [0.3, 0.4) is 0 Å². The summed E-state index contributed by atoms with van der Waals surface area (Å²) in [6.07, 6.45) is -0.515. The number of methoxy groups -OCH3 is 1. The molecule has 6 heteroatoms. The zero-order chi connectivity index (χ0) is 10.8. The van der Waals surface area contributed by atoms with Gasteiger partial charge in [0.05, 0.1) is 31.1 Å². The van der Waals surface area contributed by atoms with Crippen LogP contribution in [0, 0.1) is 5.92 Å². The maximum Gasteiger partial charge on any atom is 0.305 e. The van der Waals surface area contributed by atoms with Gasteiger partial charge < -0.3 is 9.84 Å². The highest BCUT2D eigenvalue weighted by atomic mass is 32.2. The Balaban J connectivity index is 2.54. The molecule has 1 aliphatic heterocycles. The molecule has 0 saturated carbocycles. The lowest BCUT2D eigenvalue weighted by Gasteiger charge is -2.26. The van der Waals surface area contributed by atoms with E-state index in [-0.39, 0.29) is 23.8 Å². The van der Waals surface area contributed by atoms with E-state index >= 15 is 0 Å². The van der Waals surface area contributed by atoms with Crippen molar-refractivity contribution in [3.63, 3.8) is 0 Å². The van der Waals surface area contributed by atoms with E-state index in [1.54, 1.807) is 0 Å². The van der Waals surface area contributed by atoms with Crippen LogP contribution in [-0.4, -0.2) is 44.2 Å². The monoisotopic (exact) mass is 222 g/mol. The quantitative estimate of drug-likeness (QED) is 0.628. The van der Waals surface area contributed by atoms with Gasteiger partial charge in [0.1, 0.15) is 0 Å². The Hall–Kier alpha value is -0.620. The third-order valence-corrected chi connectivity index (χ3v) is 4.13. The number of aliphatic hydroxyl groups is 1. The highest BCUT2D eigenvalue weighted by molar-refractivity contribution is 7.91. The van der Waals surface area contributed by atoms with E-state index in [1.165, 1.54) is 7.11 Å². The molecule has 0 bridgehead atoms. The van der Waals surface area contributed by atoms with E-state index in [0.717, 1.165) is 0 Å². The molecule has 1 aliphatic rings. The number of esters is 1. The number of sulfone groups is 1. The fourth-order valence-corrected chi connectivity index (χ4v) is 3.16. The molecule has 5 nitrogen and oxygen atoms in total. The highest BCUT2D eigenvalue weighted by Gasteiger charge is 2.33. The molecule has 0 radical (unpaired) electrons. The lowest BCUT2D eigenvalue weighted by atomic mass is 9.96. The molecular formula is C8H14O5S. The Morgan fingerprint density at radius 3 is 2.71 bits per heavy atom. The Labute approximate surface area is 83.0 Å². The van der Waals surface area contributed by atoms with E-state index in [4.69, 9.17) is 0 Å². The predicted octanol–water partition coefficient (Wildman–Crippen LogP) is -0.655. The van der Waals surface area contributed by atoms with Gasteiger partial charge in [0, 0.05) is 0 Å². The summed E-state index contributed by atoms with van der Waals surface area (Å²) in [7, 11) is -1.84. The Kier molecular flexibility index (Phi) is 3.49. The lowest BCUT2D eigenvalue weighted by molar-refractivity contribution is -0.142. The number of carbonyl (C=O) groups excluding carboxylic acids is 1. The first-order chi connectivity index (χ1) is 6.44. The summed E-state index contributed by atoms with van der Waals surface area (Å²) in [5.41, 5.74) is 0. The van der Waals surface area contributed by atoms with Crippen molar-refractivity contribution < 1.29 is 23.1 Å². The van der Waals surface area contributed by atoms with Gasteiger partial charge in [-0.3, -0.25) is 4.79 Å². The molecule has 0 aromatic carbocycles. The first kappa shape index (κ1) is 11.5. The van der Waals surface area contributed by atoms with Crippen molar-refractivity contribution >= 4 is 15.8 Å². The maximum atomic E-state index is 11.1. The van der Waals surface area contributed by atoms with E-state index in [2.05, 4.69) is 4.74 Å². The van der Waals surface area contributed by atoms with Crippen LogP contribution in [0.2, 0.25) is 0 Å². The van der Waals surface area contributed by atoms with Crippen molar-refractivity contribution in [3.8, 4) is 0 Å². The number of hydrogen-bond acceptors (Lipinski definition) is 5. The van der Waals surface area contributed by atoms with E-state index in [0.29, 0.717) is 6.42 Å². The highest BCUT2D eigenvalue weighted by Crippen LogP contribution is 2.22. The van der Waals surface area contributed by atoms with Crippen molar-refractivity contribution in [2.45, 2.75) is 18.9 Å². The van der Waals surface area contributed by atoms with Crippen molar-refractivity contribution in [2.75, 3.05) is 18.6 Å². The van der Waals surface area contributed by atoms with Crippen LogP contribution in [0.5, 0.6) is 0 Å². The molecule has 0 amide bonds. The second kappa shape index (κ2) is 4.27. The van der Waals surface area contributed by atoms with E-state index in [1.807, 2.05) is 0 Å². The summed E-state index contributed by atoms with van der Waals surface area (Å²) in [5.74, 6) is -0.889. The van der Waals surface area contributed by atoms with Gasteiger partial charge in [-0.2, -0.15) is 0 Å². The minimum Gasteiger partial charge on any atom is -0.469 e. The largest absolute Gasteiger partial charge is 0.469 e. The van der Waals surface area contributed by atoms with Gasteiger partial charge in [-0.05, 0) is 12.3 Å². The van der Waals surface area contributed by atoms with Crippen LogP contribution >= 0.6 is 0 Å². The molecule has 82 valence electrons.